The number of ether oxygens (including phenoxy) is 1. The number of nitrogens with zero attached hydrogens (tertiary/aromatic N) is 3. The van der Waals surface area contributed by atoms with E-state index in [0.29, 0.717) is 11.7 Å². The first-order valence-electron chi connectivity index (χ1n) is 4.97. The Hall–Kier alpha value is -1.67. The van der Waals surface area contributed by atoms with Gasteiger partial charge in [0.1, 0.15) is 6.10 Å². The lowest BCUT2D eigenvalue weighted by Crippen LogP contribution is -2.34. The molecule has 0 aromatic carbocycles. The molecule has 0 spiro atoms. The summed E-state index contributed by atoms with van der Waals surface area (Å²) in [7, 11) is 0. The van der Waals surface area contributed by atoms with Crippen LogP contribution in [0.4, 0.5) is 5.82 Å². The Bertz CT molecular complexity index is 351. The van der Waals surface area contributed by atoms with Crippen LogP contribution in [0.5, 0.6) is 5.88 Å². The van der Waals surface area contributed by atoms with E-state index in [-0.39, 0.29) is 6.10 Å². The molecule has 78 valence electrons. The Morgan fingerprint density at radius 1 is 1.33 bits per heavy atom. The molecule has 0 amide bonds. The van der Waals surface area contributed by atoms with Gasteiger partial charge in [-0.15, -0.1) is 0 Å². The molecule has 1 N–H and O–H groups in total. The van der Waals surface area contributed by atoms with Crippen LogP contribution in [0.1, 0.15) is 12.8 Å². The van der Waals surface area contributed by atoms with Crippen LogP contribution in [0, 0.1) is 6.57 Å². The van der Waals surface area contributed by atoms with Crippen LogP contribution in [-0.4, -0.2) is 29.4 Å². The normalized spacial score (nSPS) is 17.0. The molecule has 0 saturated carbocycles. The van der Waals surface area contributed by atoms with Crippen molar-refractivity contribution >= 4 is 5.82 Å². The fraction of sp³-hybridized carbons (Fsp3) is 0.500. The van der Waals surface area contributed by atoms with Gasteiger partial charge in [-0.05, 0) is 43.2 Å². The van der Waals surface area contributed by atoms with E-state index in [1.807, 2.05) is 0 Å². The monoisotopic (exact) mass is 204 g/mol. The highest BCUT2D eigenvalue weighted by atomic mass is 16.5. The molecule has 5 heteroatoms. The van der Waals surface area contributed by atoms with Gasteiger partial charge in [0, 0.05) is 5.10 Å². The first-order chi connectivity index (χ1) is 7.38. The maximum absolute atomic E-state index is 6.74. The van der Waals surface area contributed by atoms with Crippen LogP contribution in [0.15, 0.2) is 12.1 Å². The van der Waals surface area contributed by atoms with Crippen LogP contribution < -0.4 is 10.1 Å². The van der Waals surface area contributed by atoms with Gasteiger partial charge in [-0.3, -0.25) is 0 Å². The first kappa shape index (κ1) is 9.87. The molecule has 5 nitrogen and oxygen atoms in total. The second-order valence-corrected chi connectivity index (χ2v) is 3.41. The van der Waals surface area contributed by atoms with Crippen molar-refractivity contribution in [2.75, 3.05) is 13.1 Å². The van der Waals surface area contributed by atoms with Crippen molar-refractivity contribution in [3.8, 4) is 5.88 Å². The molecular weight excluding hydrogens is 192 g/mol. The van der Waals surface area contributed by atoms with Crippen molar-refractivity contribution in [3.63, 3.8) is 0 Å². The third-order valence-electron chi connectivity index (χ3n) is 2.31. The number of rotatable bonds is 2. The summed E-state index contributed by atoms with van der Waals surface area (Å²) in [6.07, 6.45) is 2.21. The zero-order valence-electron chi connectivity index (χ0n) is 8.31. The fourth-order valence-electron chi connectivity index (χ4n) is 1.52. The summed E-state index contributed by atoms with van der Waals surface area (Å²) in [5, 5.41) is 10.8. The smallest absolute Gasteiger partial charge is 0.296 e. The van der Waals surface area contributed by atoms with Crippen molar-refractivity contribution in [2.24, 2.45) is 0 Å². The Balaban J connectivity index is 1.95. The minimum absolute atomic E-state index is 0.222. The fourth-order valence-corrected chi connectivity index (χ4v) is 1.52. The second-order valence-electron chi connectivity index (χ2n) is 3.41. The number of piperidine rings is 1. The molecule has 0 bridgehead atoms. The first-order valence-corrected chi connectivity index (χ1v) is 4.97. The van der Waals surface area contributed by atoms with Crippen molar-refractivity contribution < 1.29 is 4.74 Å². The Kier molecular flexibility index (Phi) is 3.10. The average Bonchev–Trinajstić information content (AvgIpc) is 2.31. The molecule has 0 aliphatic carbocycles. The van der Waals surface area contributed by atoms with Crippen molar-refractivity contribution in [3.05, 3.63) is 23.5 Å². The molecule has 1 aliphatic rings. The number of aromatic nitrogens is 2. The van der Waals surface area contributed by atoms with E-state index in [1.165, 1.54) is 0 Å². The average molecular weight is 204 g/mol. The Morgan fingerprint density at radius 3 is 2.73 bits per heavy atom. The third kappa shape index (κ3) is 2.64. The van der Waals surface area contributed by atoms with Gasteiger partial charge in [-0.1, -0.05) is 6.57 Å². The summed E-state index contributed by atoms with van der Waals surface area (Å²) < 4.78 is 5.64. The van der Waals surface area contributed by atoms with Gasteiger partial charge >= 0.3 is 0 Å². The molecule has 1 aromatic heterocycles. The largest absolute Gasteiger partial charge is 0.472 e. The van der Waals surface area contributed by atoms with E-state index in [9.17, 15) is 0 Å². The van der Waals surface area contributed by atoms with E-state index in [1.54, 1.807) is 12.1 Å². The molecule has 0 unspecified atom stereocenters. The highest BCUT2D eigenvalue weighted by Crippen LogP contribution is 2.15. The van der Waals surface area contributed by atoms with Crippen molar-refractivity contribution in [2.45, 2.75) is 18.9 Å². The molecule has 0 atom stereocenters. The van der Waals surface area contributed by atoms with Gasteiger partial charge in [0.25, 0.3) is 11.7 Å². The molecule has 2 rings (SSSR count). The molecular formula is C10H12N4O. The van der Waals surface area contributed by atoms with E-state index in [4.69, 9.17) is 11.3 Å². The molecule has 1 aromatic rings. The van der Waals surface area contributed by atoms with Crippen LogP contribution in [0.2, 0.25) is 0 Å². The summed E-state index contributed by atoms with van der Waals surface area (Å²) in [5.41, 5.74) is 0. The minimum Gasteiger partial charge on any atom is -0.472 e. The number of hydrogen-bond donors (Lipinski definition) is 1. The van der Waals surface area contributed by atoms with Crippen LogP contribution in [0.25, 0.3) is 4.85 Å². The Morgan fingerprint density at radius 2 is 2.13 bits per heavy atom. The summed E-state index contributed by atoms with van der Waals surface area (Å²) in [6.45, 7) is 8.71. The van der Waals surface area contributed by atoms with Gasteiger partial charge < -0.3 is 14.9 Å². The van der Waals surface area contributed by atoms with E-state index in [0.717, 1.165) is 25.9 Å². The van der Waals surface area contributed by atoms with Gasteiger partial charge in [0.2, 0.25) is 0 Å². The summed E-state index contributed by atoms with van der Waals surface area (Å²) in [4.78, 5) is 3.17. The van der Waals surface area contributed by atoms with Crippen LogP contribution in [0.3, 0.4) is 0 Å². The van der Waals surface area contributed by atoms with E-state index in [2.05, 4.69) is 20.4 Å². The molecule has 15 heavy (non-hydrogen) atoms. The van der Waals surface area contributed by atoms with E-state index < -0.39 is 0 Å². The molecule has 1 saturated heterocycles. The predicted molar refractivity (Wildman–Crippen MR) is 54.8 cm³/mol. The summed E-state index contributed by atoms with van der Waals surface area (Å²) in [5.74, 6) is 0.807. The van der Waals surface area contributed by atoms with Crippen molar-refractivity contribution in [1.82, 2.24) is 15.5 Å². The quantitative estimate of drug-likeness (QED) is 0.734. The van der Waals surface area contributed by atoms with E-state index >= 15 is 0 Å². The predicted octanol–water partition coefficient (Wildman–Crippen LogP) is 1.16. The van der Waals surface area contributed by atoms with Gasteiger partial charge in [0.15, 0.2) is 0 Å². The SMILES string of the molecule is [C-]#[N+]c1ccc(OC2CCNCC2)nn1. The Labute approximate surface area is 88.3 Å². The highest BCUT2D eigenvalue weighted by molar-refractivity contribution is 5.34. The van der Waals surface area contributed by atoms with Gasteiger partial charge in [-0.25, -0.2) is 0 Å². The minimum atomic E-state index is 0.222. The molecule has 2 heterocycles. The van der Waals surface area contributed by atoms with Crippen LogP contribution in [-0.2, 0) is 0 Å². The van der Waals surface area contributed by atoms with Gasteiger partial charge in [-0.2, -0.15) is 0 Å². The molecule has 1 aliphatic heterocycles. The lowest BCUT2D eigenvalue weighted by molar-refractivity contribution is 0.154. The van der Waals surface area contributed by atoms with Crippen molar-refractivity contribution in [1.29, 1.82) is 0 Å². The maximum atomic E-state index is 6.74. The lowest BCUT2D eigenvalue weighted by atomic mass is 10.1. The zero-order chi connectivity index (χ0) is 10.5. The standard InChI is InChI=1S/C10H12N4O/c1-11-9-2-3-10(14-13-9)15-8-4-6-12-7-5-8/h2-3,8,12H,4-7H2. The summed E-state index contributed by atoms with van der Waals surface area (Å²) >= 11 is 0. The number of nitrogens with one attached hydrogen (secondary N) is 1. The van der Waals surface area contributed by atoms with Crippen LogP contribution >= 0.6 is 0 Å². The zero-order valence-corrected chi connectivity index (χ0v) is 8.31. The number of hydrogen-bond acceptors (Lipinski definition) is 4. The second kappa shape index (κ2) is 4.71. The summed E-state index contributed by atoms with van der Waals surface area (Å²) in [6, 6.07) is 3.32. The highest BCUT2D eigenvalue weighted by Gasteiger charge is 2.15. The lowest BCUT2D eigenvalue weighted by Gasteiger charge is -2.22. The topological polar surface area (TPSA) is 51.4 Å². The molecule has 1 fully saturated rings. The maximum Gasteiger partial charge on any atom is 0.296 e. The molecule has 0 radical (unpaired) electrons. The third-order valence-corrected chi connectivity index (χ3v) is 2.31. The van der Waals surface area contributed by atoms with Gasteiger partial charge in [0.05, 0.1) is 0 Å².